The van der Waals surface area contributed by atoms with Gasteiger partial charge in [0.25, 0.3) is 0 Å². The summed E-state index contributed by atoms with van der Waals surface area (Å²) < 4.78 is 0. The number of azide groups is 1. The largest absolute Gasteiger partial charge is 0.489 e. The fourth-order valence-electron chi connectivity index (χ4n) is 3.37. The van der Waals surface area contributed by atoms with Crippen molar-refractivity contribution in [2.75, 3.05) is 31.1 Å². The van der Waals surface area contributed by atoms with Gasteiger partial charge in [-0.05, 0) is 54.0 Å². The summed E-state index contributed by atoms with van der Waals surface area (Å²) in [5.41, 5.74) is 13.7. The van der Waals surface area contributed by atoms with Crippen molar-refractivity contribution in [1.82, 2.24) is 5.32 Å². The summed E-state index contributed by atoms with van der Waals surface area (Å²) in [6.07, 6.45) is 0. The number of nitrogens with one attached hydrogen (secondary N) is 1. The molecule has 0 aliphatic carbocycles. The highest BCUT2D eigenvalue weighted by atomic mass is 16.4. The second-order valence-corrected chi connectivity index (χ2v) is 5.62. The van der Waals surface area contributed by atoms with Crippen LogP contribution in [-0.4, -0.2) is 43.3 Å². The van der Waals surface area contributed by atoms with Crippen molar-refractivity contribution in [3.63, 3.8) is 0 Å². The van der Waals surface area contributed by atoms with Gasteiger partial charge in [-0.25, -0.2) is 0 Å². The van der Waals surface area contributed by atoms with Crippen LogP contribution in [0.1, 0.15) is 22.3 Å². The lowest BCUT2D eigenvalue weighted by Gasteiger charge is -2.34. The monoisotopic (exact) mass is 303 g/mol. The van der Waals surface area contributed by atoms with E-state index in [0.29, 0.717) is 5.46 Å². The van der Waals surface area contributed by atoms with Gasteiger partial charge < -0.3 is 20.3 Å². The van der Waals surface area contributed by atoms with Crippen molar-refractivity contribution >= 4 is 18.3 Å². The van der Waals surface area contributed by atoms with Gasteiger partial charge in [0, 0.05) is 36.8 Å². The highest BCUT2D eigenvalue weighted by Gasteiger charge is 2.26. The lowest BCUT2D eigenvalue weighted by molar-refractivity contribution is 0.425. The van der Waals surface area contributed by atoms with Crippen LogP contribution in [0.4, 0.5) is 5.69 Å². The number of nitrogens with zero attached hydrogens (tertiary/aromatic N) is 4. The van der Waals surface area contributed by atoms with E-state index >= 15 is 0 Å². The number of benzene rings is 1. The van der Waals surface area contributed by atoms with Crippen LogP contribution in [0, 0.1) is 20.8 Å². The van der Waals surface area contributed by atoms with E-state index in [1.165, 1.54) is 0 Å². The molecule has 0 radical (unpaired) electrons. The second kappa shape index (κ2) is 7.02. The molecule has 2 rings (SSSR count). The van der Waals surface area contributed by atoms with Gasteiger partial charge in [-0.1, -0.05) is 5.11 Å². The standard InChI is InChI=1S/C14H22BN5O2/c1-9-12(8-18-19-16)10(2)14(11(3)13(9)15(21)22)20-6-4-17-5-7-20/h17,21-22H,4-8H2,1-3H3. The summed E-state index contributed by atoms with van der Waals surface area (Å²) in [4.78, 5) is 5.08. The molecule has 0 amide bonds. The Morgan fingerprint density at radius 1 is 1.18 bits per heavy atom. The van der Waals surface area contributed by atoms with Gasteiger partial charge in [-0.15, -0.1) is 0 Å². The van der Waals surface area contributed by atoms with Crippen LogP contribution in [0.25, 0.3) is 10.4 Å². The normalized spacial score (nSPS) is 14.7. The predicted octanol–water partition coefficient (Wildman–Crippen LogP) is 0.512. The molecule has 8 heteroatoms. The molecule has 1 heterocycles. The van der Waals surface area contributed by atoms with Crippen LogP contribution in [0.15, 0.2) is 5.11 Å². The summed E-state index contributed by atoms with van der Waals surface area (Å²) in [7, 11) is -1.54. The third-order valence-corrected chi connectivity index (χ3v) is 4.41. The molecule has 118 valence electrons. The van der Waals surface area contributed by atoms with Crippen LogP contribution in [0.5, 0.6) is 0 Å². The van der Waals surface area contributed by atoms with Gasteiger partial charge in [0.1, 0.15) is 0 Å². The van der Waals surface area contributed by atoms with Crippen molar-refractivity contribution < 1.29 is 10.0 Å². The second-order valence-electron chi connectivity index (χ2n) is 5.62. The van der Waals surface area contributed by atoms with E-state index in [1.54, 1.807) is 0 Å². The number of hydrogen-bond acceptors (Lipinski definition) is 5. The van der Waals surface area contributed by atoms with E-state index in [9.17, 15) is 10.0 Å². The first-order chi connectivity index (χ1) is 10.5. The molecule has 1 aromatic carbocycles. The van der Waals surface area contributed by atoms with Gasteiger partial charge >= 0.3 is 7.12 Å². The maximum absolute atomic E-state index is 9.77. The Kier molecular flexibility index (Phi) is 5.31. The Hall–Kier alpha value is -1.73. The molecule has 0 spiro atoms. The molecule has 1 aliphatic heterocycles. The van der Waals surface area contributed by atoms with Gasteiger partial charge in [-0.3, -0.25) is 0 Å². The molecule has 3 N–H and O–H groups in total. The molecule has 22 heavy (non-hydrogen) atoms. The molecule has 7 nitrogen and oxygen atoms in total. The van der Waals surface area contributed by atoms with Gasteiger partial charge in [0.2, 0.25) is 0 Å². The summed E-state index contributed by atoms with van der Waals surface area (Å²) in [6, 6.07) is 0. The molecule has 1 fully saturated rings. The fourth-order valence-corrected chi connectivity index (χ4v) is 3.37. The summed E-state index contributed by atoms with van der Waals surface area (Å²) in [6.45, 7) is 9.52. The van der Waals surface area contributed by atoms with Crippen molar-refractivity contribution in [2.45, 2.75) is 27.3 Å². The molecule has 0 aromatic heterocycles. The topological polar surface area (TPSA) is 104 Å². The van der Waals surface area contributed by atoms with Crippen LogP contribution < -0.4 is 15.7 Å². The van der Waals surface area contributed by atoms with E-state index in [4.69, 9.17) is 5.53 Å². The number of rotatable bonds is 4. The van der Waals surface area contributed by atoms with Gasteiger partial charge in [0.05, 0.1) is 6.54 Å². The van der Waals surface area contributed by atoms with E-state index in [0.717, 1.165) is 54.1 Å². The summed E-state index contributed by atoms with van der Waals surface area (Å²) in [5.74, 6) is 0. The average Bonchev–Trinajstić information content (AvgIpc) is 2.48. The molecular weight excluding hydrogens is 281 g/mol. The minimum absolute atomic E-state index is 0.216. The van der Waals surface area contributed by atoms with E-state index in [1.807, 2.05) is 20.8 Å². The Bertz CT molecular complexity index is 608. The van der Waals surface area contributed by atoms with Crippen LogP contribution >= 0.6 is 0 Å². The Labute approximate surface area is 130 Å². The van der Waals surface area contributed by atoms with E-state index < -0.39 is 7.12 Å². The highest BCUT2D eigenvalue weighted by molar-refractivity contribution is 6.60. The molecule has 0 saturated carbocycles. The van der Waals surface area contributed by atoms with Crippen molar-refractivity contribution in [3.8, 4) is 0 Å². The van der Waals surface area contributed by atoms with Crippen molar-refractivity contribution in [3.05, 3.63) is 32.7 Å². The smallest absolute Gasteiger partial charge is 0.423 e. The molecule has 1 saturated heterocycles. The fraction of sp³-hybridized carbons (Fsp3) is 0.571. The minimum atomic E-state index is -1.54. The summed E-state index contributed by atoms with van der Waals surface area (Å²) >= 11 is 0. The third-order valence-electron chi connectivity index (χ3n) is 4.41. The first-order valence-corrected chi connectivity index (χ1v) is 7.44. The minimum Gasteiger partial charge on any atom is -0.423 e. The molecule has 0 bridgehead atoms. The summed E-state index contributed by atoms with van der Waals surface area (Å²) in [5, 5.41) is 26.5. The zero-order valence-corrected chi connectivity index (χ0v) is 13.3. The predicted molar refractivity (Wildman–Crippen MR) is 88.4 cm³/mol. The Morgan fingerprint density at radius 3 is 2.36 bits per heavy atom. The Morgan fingerprint density at radius 2 is 1.82 bits per heavy atom. The maximum atomic E-state index is 9.77. The Balaban J connectivity index is 2.64. The maximum Gasteiger partial charge on any atom is 0.489 e. The SMILES string of the molecule is Cc1c(CN=[N+]=[N-])c(C)c(N2CCNCC2)c(C)c1B(O)O. The molecule has 1 aromatic rings. The zero-order valence-electron chi connectivity index (χ0n) is 13.3. The first-order valence-electron chi connectivity index (χ1n) is 7.44. The molecule has 0 unspecified atom stereocenters. The third kappa shape index (κ3) is 3.05. The molecule has 0 atom stereocenters. The first kappa shape index (κ1) is 16.6. The van der Waals surface area contributed by atoms with Crippen LogP contribution in [-0.2, 0) is 6.54 Å². The van der Waals surface area contributed by atoms with Crippen LogP contribution in [0.2, 0.25) is 0 Å². The molecule has 1 aliphatic rings. The van der Waals surface area contributed by atoms with Crippen LogP contribution in [0.3, 0.4) is 0 Å². The number of hydrogen-bond donors (Lipinski definition) is 3. The van der Waals surface area contributed by atoms with Gasteiger partial charge in [0.15, 0.2) is 0 Å². The number of anilines is 1. The lowest BCUT2D eigenvalue weighted by atomic mass is 9.71. The lowest BCUT2D eigenvalue weighted by Crippen LogP contribution is -2.45. The van der Waals surface area contributed by atoms with Crippen molar-refractivity contribution in [2.24, 2.45) is 5.11 Å². The van der Waals surface area contributed by atoms with Gasteiger partial charge in [-0.2, -0.15) is 0 Å². The highest BCUT2D eigenvalue weighted by Crippen LogP contribution is 2.30. The quantitative estimate of drug-likeness (QED) is 0.326. The average molecular weight is 303 g/mol. The van der Waals surface area contributed by atoms with E-state index in [2.05, 4.69) is 20.2 Å². The van der Waals surface area contributed by atoms with Crippen molar-refractivity contribution in [1.29, 1.82) is 0 Å². The number of piperazine rings is 1. The molecular formula is C14H22BN5O2. The van der Waals surface area contributed by atoms with E-state index in [-0.39, 0.29) is 6.54 Å². The zero-order chi connectivity index (χ0) is 16.3.